The van der Waals surface area contributed by atoms with Crippen LogP contribution in [0.1, 0.15) is 54.2 Å². The number of benzene rings is 1. The first kappa shape index (κ1) is 14.9. The third-order valence-electron chi connectivity index (χ3n) is 3.84. The van der Waals surface area contributed by atoms with Gasteiger partial charge in [-0.2, -0.15) is 0 Å². The lowest BCUT2D eigenvalue weighted by molar-refractivity contribution is 0.430. The van der Waals surface area contributed by atoms with Crippen molar-refractivity contribution in [3.63, 3.8) is 0 Å². The van der Waals surface area contributed by atoms with E-state index in [1.165, 1.54) is 33.4 Å². The summed E-state index contributed by atoms with van der Waals surface area (Å²) in [5, 5.41) is 0. The highest BCUT2D eigenvalue weighted by molar-refractivity contribution is 5.85. The summed E-state index contributed by atoms with van der Waals surface area (Å²) in [7, 11) is 0. The number of rotatable bonds is 2. The second-order valence-corrected chi connectivity index (χ2v) is 6.57. The van der Waals surface area contributed by atoms with Gasteiger partial charge in [-0.05, 0) is 73.4 Å². The largest absolute Gasteiger partial charge is 0.292 e. The zero-order valence-electron chi connectivity index (χ0n) is 13.2. The fourth-order valence-corrected chi connectivity index (χ4v) is 2.13. The highest BCUT2D eigenvalue weighted by atomic mass is 14.7. The van der Waals surface area contributed by atoms with Gasteiger partial charge in [-0.25, -0.2) is 0 Å². The summed E-state index contributed by atoms with van der Waals surface area (Å²) in [6.07, 6.45) is 2.06. The van der Waals surface area contributed by atoms with E-state index in [0.717, 1.165) is 6.54 Å². The number of nitrogens with zero attached hydrogens (tertiary/aromatic N) is 1. The van der Waals surface area contributed by atoms with E-state index in [1.807, 2.05) is 0 Å². The van der Waals surface area contributed by atoms with Gasteiger partial charge in [0.25, 0.3) is 0 Å². The van der Waals surface area contributed by atoms with Crippen LogP contribution in [0.25, 0.3) is 0 Å². The summed E-state index contributed by atoms with van der Waals surface area (Å²) >= 11 is 0. The molecule has 0 fully saturated rings. The molecule has 0 saturated heterocycles. The van der Waals surface area contributed by atoms with Gasteiger partial charge in [-0.3, -0.25) is 4.99 Å². The van der Waals surface area contributed by atoms with Crippen LogP contribution < -0.4 is 0 Å². The molecule has 18 heavy (non-hydrogen) atoms. The van der Waals surface area contributed by atoms with Gasteiger partial charge in [-0.15, -0.1) is 0 Å². The molecule has 0 spiro atoms. The molecule has 0 aliphatic carbocycles. The van der Waals surface area contributed by atoms with Crippen molar-refractivity contribution in [2.75, 3.05) is 6.54 Å². The molecule has 0 saturated carbocycles. The molecule has 0 atom stereocenters. The molecular weight excluding hydrogens is 218 g/mol. The predicted molar refractivity (Wildman–Crippen MR) is 82.0 cm³/mol. The monoisotopic (exact) mass is 245 g/mol. The summed E-state index contributed by atoms with van der Waals surface area (Å²) in [5.41, 5.74) is 8.51. The molecule has 0 amide bonds. The zero-order chi connectivity index (χ0) is 14.1. The van der Waals surface area contributed by atoms with Crippen molar-refractivity contribution in [3.05, 3.63) is 33.4 Å². The van der Waals surface area contributed by atoms with Gasteiger partial charge in [0.05, 0.1) is 0 Å². The Morgan fingerprint density at radius 1 is 0.778 bits per heavy atom. The van der Waals surface area contributed by atoms with Crippen LogP contribution >= 0.6 is 0 Å². The van der Waals surface area contributed by atoms with Crippen LogP contribution in [-0.2, 0) is 0 Å². The van der Waals surface area contributed by atoms with Crippen molar-refractivity contribution in [3.8, 4) is 0 Å². The van der Waals surface area contributed by atoms with Crippen LogP contribution in [-0.4, -0.2) is 12.8 Å². The predicted octanol–water partition coefficient (Wildman–Crippen LogP) is 4.69. The van der Waals surface area contributed by atoms with Crippen molar-refractivity contribution in [1.29, 1.82) is 0 Å². The highest BCUT2D eigenvalue weighted by Crippen LogP contribution is 2.25. The Kier molecular flexibility index (Phi) is 4.37. The smallest absolute Gasteiger partial charge is 0.0438 e. The minimum absolute atomic E-state index is 0.257. The van der Waals surface area contributed by atoms with Crippen molar-refractivity contribution in [1.82, 2.24) is 0 Å². The molecule has 0 N–H and O–H groups in total. The first-order valence-electron chi connectivity index (χ1n) is 6.72. The molecule has 0 radical (unpaired) electrons. The van der Waals surface area contributed by atoms with E-state index in [2.05, 4.69) is 66.6 Å². The molecule has 0 heterocycles. The summed E-state index contributed by atoms with van der Waals surface area (Å²) in [6.45, 7) is 18.6. The minimum atomic E-state index is 0.257. The van der Waals surface area contributed by atoms with Crippen LogP contribution in [0, 0.1) is 40.0 Å². The molecule has 0 aliphatic heterocycles. The Morgan fingerprint density at radius 3 is 1.56 bits per heavy atom. The first-order valence-corrected chi connectivity index (χ1v) is 6.72. The maximum atomic E-state index is 4.62. The molecule has 1 heteroatoms. The Bertz CT molecular complexity index is 444. The standard InChI is InChI=1S/C17H27N/c1-11-12(2)14(4)16(15(5)13(11)3)9-18-10-17(6,7)8/h9H,10H2,1-8H3. The molecule has 0 unspecified atom stereocenters. The average molecular weight is 245 g/mol. The third kappa shape index (κ3) is 3.22. The van der Waals surface area contributed by atoms with E-state index in [9.17, 15) is 0 Å². The SMILES string of the molecule is Cc1c(C)c(C)c(C=NCC(C)(C)C)c(C)c1C. The fourth-order valence-electron chi connectivity index (χ4n) is 2.13. The maximum Gasteiger partial charge on any atom is 0.0438 e. The second-order valence-electron chi connectivity index (χ2n) is 6.57. The lowest BCUT2D eigenvalue weighted by Crippen LogP contribution is -2.10. The molecule has 1 nitrogen and oxygen atoms in total. The molecule has 0 aliphatic rings. The second kappa shape index (κ2) is 5.26. The molecule has 1 aromatic carbocycles. The lowest BCUT2D eigenvalue weighted by atomic mass is 9.90. The fraction of sp³-hybridized carbons (Fsp3) is 0.588. The summed E-state index contributed by atoms with van der Waals surface area (Å²) in [4.78, 5) is 4.62. The van der Waals surface area contributed by atoms with Crippen molar-refractivity contribution < 1.29 is 0 Å². The van der Waals surface area contributed by atoms with Crippen molar-refractivity contribution >= 4 is 6.21 Å². The van der Waals surface area contributed by atoms with Crippen LogP contribution in [0.2, 0.25) is 0 Å². The summed E-state index contributed by atoms with van der Waals surface area (Å²) in [5.74, 6) is 0. The zero-order valence-corrected chi connectivity index (χ0v) is 13.2. The molecule has 1 aromatic rings. The lowest BCUT2D eigenvalue weighted by Gasteiger charge is -2.17. The molecule has 1 rings (SSSR count). The normalized spacial score (nSPS) is 12.4. The molecule has 100 valence electrons. The minimum Gasteiger partial charge on any atom is -0.292 e. The summed E-state index contributed by atoms with van der Waals surface area (Å²) in [6, 6.07) is 0. The average Bonchev–Trinajstić information content (AvgIpc) is 2.27. The van der Waals surface area contributed by atoms with Gasteiger partial charge in [0.1, 0.15) is 0 Å². The van der Waals surface area contributed by atoms with Gasteiger partial charge in [0.2, 0.25) is 0 Å². The molecule has 0 bridgehead atoms. The quantitative estimate of drug-likeness (QED) is 0.670. The van der Waals surface area contributed by atoms with E-state index < -0.39 is 0 Å². The van der Waals surface area contributed by atoms with Crippen LogP contribution in [0.3, 0.4) is 0 Å². The first-order chi connectivity index (χ1) is 8.15. The van der Waals surface area contributed by atoms with Gasteiger partial charge in [0.15, 0.2) is 0 Å². The van der Waals surface area contributed by atoms with E-state index in [1.54, 1.807) is 0 Å². The highest BCUT2D eigenvalue weighted by Gasteiger charge is 2.11. The van der Waals surface area contributed by atoms with Gasteiger partial charge in [-0.1, -0.05) is 20.8 Å². The Hall–Kier alpha value is -1.11. The van der Waals surface area contributed by atoms with Gasteiger partial charge in [0, 0.05) is 12.8 Å². The molecular formula is C17H27N. The number of hydrogen-bond donors (Lipinski definition) is 0. The Balaban J connectivity index is 3.18. The van der Waals surface area contributed by atoms with E-state index in [-0.39, 0.29) is 5.41 Å². The Morgan fingerprint density at radius 2 is 1.17 bits per heavy atom. The number of aliphatic imine (C=N–C) groups is 1. The molecule has 0 aromatic heterocycles. The van der Waals surface area contributed by atoms with E-state index in [4.69, 9.17) is 0 Å². The van der Waals surface area contributed by atoms with Gasteiger partial charge >= 0.3 is 0 Å². The van der Waals surface area contributed by atoms with Gasteiger partial charge < -0.3 is 0 Å². The van der Waals surface area contributed by atoms with Crippen molar-refractivity contribution in [2.45, 2.75) is 55.4 Å². The van der Waals surface area contributed by atoms with Crippen molar-refractivity contribution in [2.24, 2.45) is 10.4 Å². The Labute approximate surface area is 112 Å². The third-order valence-corrected chi connectivity index (χ3v) is 3.84. The number of hydrogen-bond acceptors (Lipinski definition) is 1. The van der Waals surface area contributed by atoms with E-state index in [0.29, 0.717) is 0 Å². The maximum absolute atomic E-state index is 4.62. The topological polar surface area (TPSA) is 12.4 Å². The van der Waals surface area contributed by atoms with Crippen LogP contribution in [0.15, 0.2) is 4.99 Å². The van der Waals surface area contributed by atoms with E-state index >= 15 is 0 Å². The summed E-state index contributed by atoms with van der Waals surface area (Å²) < 4.78 is 0. The van der Waals surface area contributed by atoms with Crippen LogP contribution in [0.4, 0.5) is 0 Å². The van der Waals surface area contributed by atoms with Crippen LogP contribution in [0.5, 0.6) is 0 Å².